The molecule has 0 aliphatic rings. The molecule has 0 spiro atoms. The zero-order chi connectivity index (χ0) is 10.7. The van der Waals surface area contributed by atoms with Crippen LogP contribution in [-0.4, -0.2) is 10.0 Å². The maximum atomic E-state index is 10.5. The third-order valence-electron chi connectivity index (χ3n) is 2.05. The summed E-state index contributed by atoms with van der Waals surface area (Å²) in [6.07, 6.45) is -0.644. The minimum Gasteiger partial charge on any atom is -0.388 e. The van der Waals surface area contributed by atoms with Gasteiger partial charge in [-0.3, -0.25) is 10.1 Å². The Morgan fingerprint density at radius 1 is 1.43 bits per heavy atom. The molecule has 0 aliphatic heterocycles. The molecule has 0 aromatic heterocycles. The number of aliphatic hydroxyl groups excluding tert-OH is 1. The highest BCUT2D eigenvalue weighted by Crippen LogP contribution is 2.24. The Hall–Kier alpha value is -1.42. The van der Waals surface area contributed by atoms with Gasteiger partial charge >= 0.3 is 0 Å². The third-order valence-corrected chi connectivity index (χ3v) is 2.05. The topological polar surface area (TPSA) is 63.4 Å². The van der Waals surface area contributed by atoms with Crippen molar-refractivity contribution in [1.29, 1.82) is 0 Å². The molecule has 1 rings (SSSR count). The molecule has 0 bridgehead atoms. The van der Waals surface area contributed by atoms with Crippen molar-refractivity contribution >= 4 is 5.69 Å². The van der Waals surface area contributed by atoms with E-state index in [0.717, 1.165) is 0 Å². The van der Waals surface area contributed by atoms with Crippen LogP contribution < -0.4 is 0 Å². The quantitative estimate of drug-likeness (QED) is 0.594. The average Bonchev–Trinajstić information content (AvgIpc) is 2.16. The van der Waals surface area contributed by atoms with Gasteiger partial charge in [-0.2, -0.15) is 0 Å². The summed E-state index contributed by atoms with van der Waals surface area (Å²) in [5, 5.41) is 20.2. The van der Waals surface area contributed by atoms with E-state index in [9.17, 15) is 15.2 Å². The van der Waals surface area contributed by atoms with Crippen LogP contribution in [0.1, 0.15) is 25.5 Å². The van der Waals surface area contributed by atoms with Crippen LogP contribution >= 0.6 is 0 Å². The molecule has 4 heteroatoms. The van der Waals surface area contributed by atoms with Gasteiger partial charge < -0.3 is 5.11 Å². The van der Waals surface area contributed by atoms with Gasteiger partial charge in [0.25, 0.3) is 5.69 Å². The van der Waals surface area contributed by atoms with Gasteiger partial charge in [-0.05, 0) is 11.5 Å². The highest BCUT2D eigenvalue weighted by molar-refractivity contribution is 5.35. The molecule has 14 heavy (non-hydrogen) atoms. The molecule has 0 heterocycles. The number of rotatable bonds is 3. The summed E-state index contributed by atoms with van der Waals surface area (Å²) < 4.78 is 0. The third kappa shape index (κ3) is 2.29. The highest BCUT2D eigenvalue weighted by atomic mass is 16.6. The van der Waals surface area contributed by atoms with Crippen molar-refractivity contribution in [1.82, 2.24) is 0 Å². The van der Waals surface area contributed by atoms with Crippen molar-refractivity contribution in [2.75, 3.05) is 0 Å². The number of nitro benzene ring substituents is 1. The summed E-state index contributed by atoms with van der Waals surface area (Å²) in [6, 6.07) is 6.10. The van der Waals surface area contributed by atoms with Gasteiger partial charge in [0.1, 0.15) is 0 Å². The van der Waals surface area contributed by atoms with E-state index in [4.69, 9.17) is 0 Å². The minimum absolute atomic E-state index is 0.0159. The van der Waals surface area contributed by atoms with Crippen LogP contribution in [0.15, 0.2) is 24.3 Å². The van der Waals surface area contributed by atoms with Crippen molar-refractivity contribution < 1.29 is 10.0 Å². The predicted molar refractivity (Wildman–Crippen MR) is 52.9 cm³/mol. The number of non-ortho nitro benzene ring substituents is 1. The first-order chi connectivity index (χ1) is 6.52. The summed E-state index contributed by atoms with van der Waals surface area (Å²) in [7, 11) is 0. The second-order valence-electron chi connectivity index (χ2n) is 3.54. The van der Waals surface area contributed by atoms with Gasteiger partial charge in [0.15, 0.2) is 0 Å². The average molecular weight is 195 g/mol. The maximum absolute atomic E-state index is 10.5. The fraction of sp³-hybridized carbons (Fsp3) is 0.400. The molecule has 1 atom stereocenters. The van der Waals surface area contributed by atoms with Gasteiger partial charge in [-0.25, -0.2) is 0 Å². The first kappa shape index (κ1) is 10.7. The Morgan fingerprint density at radius 3 is 2.57 bits per heavy atom. The lowest BCUT2D eigenvalue weighted by Crippen LogP contribution is -2.05. The lowest BCUT2D eigenvalue weighted by molar-refractivity contribution is -0.385. The zero-order valence-electron chi connectivity index (χ0n) is 8.18. The van der Waals surface area contributed by atoms with E-state index in [1.165, 1.54) is 12.1 Å². The molecule has 0 fully saturated rings. The standard InChI is InChI=1S/C10H13NO3/c1-7(2)10(12)8-4-3-5-9(6-8)11(13)14/h3-7,10,12H,1-2H3/t10-/m0/s1. The van der Waals surface area contributed by atoms with Crippen LogP contribution in [0, 0.1) is 16.0 Å². The van der Waals surface area contributed by atoms with E-state index in [1.54, 1.807) is 12.1 Å². The van der Waals surface area contributed by atoms with E-state index in [2.05, 4.69) is 0 Å². The van der Waals surface area contributed by atoms with Gasteiger partial charge in [-0.1, -0.05) is 26.0 Å². The van der Waals surface area contributed by atoms with Gasteiger partial charge in [0.2, 0.25) is 0 Å². The van der Waals surface area contributed by atoms with Crippen molar-refractivity contribution in [2.24, 2.45) is 5.92 Å². The van der Waals surface area contributed by atoms with Gasteiger partial charge in [0, 0.05) is 12.1 Å². The molecule has 0 saturated heterocycles. The van der Waals surface area contributed by atoms with Crippen molar-refractivity contribution in [2.45, 2.75) is 20.0 Å². The normalized spacial score (nSPS) is 12.9. The summed E-state index contributed by atoms with van der Waals surface area (Å²) in [4.78, 5) is 10.0. The number of nitrogens with zero attached hydrogens (tertiary/aromatic N) is 1. The lowest BCUT2D eigenvalue weighted by atomic mass is 9.99. The second kappa shape index (κ2) is 4.19. The van der Waals surface area contributed by atoms with Crippen LogP contribution in [0.4, 0.5) is 5.69 Å². The van der Waals surface area contributed by atoms with E-state index < -0.39 is 11.0 Å². The molecular formula is C10H13NO3. The van der Waals surface area contributed by atoms with Crippen molar-refractivity contribution in [3.63, 3.8) is 0 Å². The van der Waals surface area contributed by atoms with Crippen LogP contribution in [0.3, 0.4) is 0 Å². The fourth-order valence-corrected chi connectivity index (χ4v) is 1.21. The van der Waals surface area contributed by atoms with E-state index in [-0.39, 0.29) is 11.6 Å². The minimum atomic E-state index is -0.644. The maximum Gasteiger partial charge on any atom is 0.269 e. The molecule has 0 amide bonds. The Kier molecular flexibility index (Phi) is 3.19. The number of hydrogen-bond acceptors (Lipinski definition) is 3. The van der Waals surface area contributed by atoms with Crippen LogP contribution in [0.5, 0.6) is 0 Å². The monoisotopic (exact) mass is 195 g/mol. The number of nitro groups is 1. The number of benzene rings is 1. The molecule has 0 saturated carbocycles. The van der Waals surface area contributed by atoms with E-state index in [0.29, 0.717) is 5.56 Å². The number of aliphatic hydroxyl groups is 1. The lowest BCUT2D eigenvalue weighted by Gasteiger charge is -2.13. The number of hydrogen-bond donors (Lipinski definition) is 1. The fourth-order valence-electron chi connectivity index (χ4n) is 1.21. The van der Waals surface area contributed by atoms with Crippen LogP contribution in [-0.2, 0) is 0 Å². The predicted octanol–water partition coefficient (Wildman–Crippen LogP) is 2.28. The van der Waals surface area contributed by atoms with Crippen molar-refractivity contribution in [3.8, 4) is 0 Å². The van der Waals surface area contributed by atoms with Gasteiger partial charge in [0.05, 0.1) is 11.0 Å². The summed E-state index contributed by atoms with van der Waals surface area (Å²) in [6.45, 7) is 3.73. The Bertz CT molecular complexity index is 336. The summed E-state index contributed by atoms with van der Waals surface area (Å²) >= 11 is 0. The Morgan fingerprint density at radius 2 is 2.07 bits per heavy atom. The first-order valence-electron chi connectivity index (χ1n) is 4.45. The van der Waals surface area contributed by atoms with Crippen molar-refractivity contribution in [3.05, 3.63) is 39.9 Å². The smallest absolute Gasteiger partial charge is 0.269 e. The molecule has 0 unspecified atom stereocenters. The first-order valence-corrected chi connectivity index (χ1v) is 4.45. The molecular weight excluding hydrogens is 182 g/mol. The molecule has 1 N–H and O–H groups in total. The highest BCUT2D eigenvalue weighted by Gasteiger charge is 2.14. The molecule has 76 valence electrons. The molecule has 1 aromatic carbocycles. The largest absolute Gasteiger partial charge is 0.388 e. The SMILES string of the molecule is CC(C)[C@H](O)c1cccc([N+](=O)[O-])c1. The molecule has 0 radical (unpaired) electrons. The summed E-state index contributed by atoms with van der Waals surface area (Å²) in [5.41, 5.74) is 0.608. The van der Waals surface area contributed by atoms with E-state index >= 15 is 0 Å². The summed E-state index contributed by atoms with van der Waals surface area (Å²) in [5.74, 6) is 0.0528. The second-order valence-corrected chi connectivity index (χ2v) is 3.54. The Labute approximate surface area is 82.3 Å². The molecule has 0 aliphatic carbocycles. The van der Waals surface area contributed by atoms with Gasteiger partial charge in [-0.15, -0.1) is 0 Å². The van der Waals surface area contributed by atoms with Crippen LogP contribution in [0.25, 0.3) is 0 Å². The molecule has 4 nitrogen and oxygen atoms in total. The van der Waals surface area contributed by atoms with Crippen LogP contribution in [0.2, 0.25) is 0 Å². The molecule has 1 aromatic rings. The zero-order valence-corrected chi connectivity index (χ0v) is 8.18. The Balaban J connectivity index is 2.99. The van der Waals surface area contributed by atoms with E-state index in [1.807, 2.05) is 13.8 Å².